The third kappa shape index (κ3) is 2.50. The van der Waals surface area contributed by atoms with Crippen molar-refractivity contribution in [2.45, 2.75) is 13.2 Å². The van der Waals surface area contributed by atoms with Crippen LogP contribution in [0.15, 0.2) is 53.1 Å². The first-order valence-corrected chi connectivity index (χ1v) is 6.72. The van der Waals surface area contributed by atoms with Crippen LogP contribution in [0.1, 0.15) is 11.1 Å². The van der Waals surface area contributed by atoms with Gasteiger partial charge in [0.15, 0.2) is 0 Å². The van der Waals surface area contributed by atoms with Crippen molar-refractivity contribution >= 4 is 22.6 Å². The fraction of sp³-hybridized carbons (Fsp3) is 0.125. The monoisotopic (exact) mass is 287 g/mol. The van der Waals surface area contributed by atoms with Gasteiger partial charge >= 0.3 is 0 Å². The largest absolute Gasteiger partial charge is 0.487 e. The molecule has 0 unspecified atom stereocenters. The molecule has 0 aliphatic carbocycles. The highest BCUT2D eigenvalue weighted by Gasteiger charge is 2.08. The summed E-state index contributed by atoms with van der Waals surface area (Å²) in [5, 5.41) is 1.63. The van der Waals surface area contributed by atoms with Crippen molar-refractivity contribution < 1.29 is 9.15 Å². The van der Waals surface area contributed by atoms with Crippen LogP contribution < -0.4 is 10.5 Å². The zero-order chi connectivity index (χ0) is 13.9. The molecule has 0 bridgehead atoms. The minimum absolute atomic E-state index is 0.407. The first kappa shape index (κ1) is 13.0. The summed E-state index contributed by atoms with van der Waals surface area (Å²) in [5.74, 6) is 0.665. The summed E-state index contributed by atoms with van der Waals surface area (Å²) >= 11 is 6.07. The number of ether oxygens (including phenoxy) is 1. The molecule has 2 N–H and O–H groups in total. The molecule has 3 rings (SSSR count). The van der Waals surface area contributed by atoms with Gasteiger partial charge in [-0.25, -0.2) is 0 Å². The molecule has 1 aromatic heterocycles. The first-order chi connectivity index (χ1) is 9.78. The predicted molar refractivity (Wildman–Crippen MR) is 79.9 cm³/mol. The molecule has 3 aromatic rings. The van der Waals surface area contributed by atoms with Gasteiger partial charge in [0.05, 0.1) is 11.3 Å². The second-order valence-corrected chi connectivity index (χ2v) is 4.92. The Morgan fingerprint density at radius 2 is 2.00 bits per heavy atom. The van der Waals surface area contributed by atoms with Gasteiger partial charge in [0.1, 0.15) is 17.9 Å². The summed E-state index contributed by atoms with van der Waals surface area (Å²) in [6.07, 6.45) is 1.71. The zero-order valence-electron chi connectivity index (χ0n) is 10.8. The standard InChI is InChI=1S/C16H14ClNO2/c17-14-3-1-2-4-16(14)20-10-12-9-19-15-6-5-11(8-18)7-13(12)15/h1-7,9H,8,10,18H2. The maximum absolute atomic E-state index is 6.07. The average molecular weight is 288 g/mol. The topological polar surface area (TPSA) is 48.4 Å². The van der Waals surface area contributed by atoms with Gasteiger partial charge in [-0.05, 0) is 29.8 Å². The van der Waals surface area contributed by atoms with Crippen LogP contribution in [0, 0.1) is 0 Å². The molecule has 1 heterocycles. The van der Waals surface area contributed by atoms with Gasteiger partial charge in [0.25, 0.3) is 0 Å². The summed E-state index contributed by atoms with van der Waals surface area (Å²) < 4.78 is 11.3. The van der Waals surface area contributed by atoms with E-state index in [1.807, 2.05) is 36.4 Å². The fourth-order valence-corrected chi connectivity index (χ4v) is 2.28. The van der Waals surface area contributed by atoms with E-state index in [1.54, 1.807) is 12.3 Å². The molecule has 102 valence electrons. The van der Waals surface area contributed by atoms with Crippen molar-refractivity contribution in [3.05, 3.63) is 64.9 Å². The number of benzene rings is 2. The number of nitrogens with two attached hydrogens (primary N) is 1. The summed E-state index contributed by atoms with van der Waals surface area (Å²) in [7, 11) is 0. The number of hydrogen-bond acceptors (Lipinski definition) is 3. The summed E-state index contributed by atoms with van der Waals surface area (Å²) in [6, 6.07) is 13.3. The van der Waals surface area contributed by atoms with E-state index in [0.29, 0.717) is 23.9 Å². The van der Waals surface area contributed by atoms with Crippen LogP contribution in [0.25, 0.3) is 11.0 Å². The van der Waals surface area contributed by atoms with Crippen molar-refractivity contribution in [3.8, 4) is 5.75 Å². The molecule has 0 aliphatic rings. The van der Waals surface area contributed by atoms with Gasteiger partial charge in [-0.2, -0.15) is 0 Å². The third-order valence-corrected chi connectivity index (χ3v) is 3.49. The Morgan fingerprint density at radius 1 is 1.15 bits per heavy atom. The van der Waals surface area contributed by atoms with E-state index in [9.17, 15) is 0 Å². The second-order valence-electron chi connectivity index (χ2n) is 4.51. The normalized spacial score (nSPS) is 10.9. The molecule has 0 spiro atoms. The summed E-state index contributed by atoms with van der Waals surface area (Å²) in [6.45, 7) is 0.913. The maximum atomic E-state index is 6.07. The first-order valence-electron chi connectivity index (χ1n) is 6.34. The molecule has 3 nitrogen and oxygen atoms in total. The molecule has 0 atom stereocenters. The van der Waals surface area contributed by atoms with Crippen LogP contribution >= 0.6 is 11.6 Å². The SMILES string of the molecule is NCc1ccc2occ(COc3ccccc3Cl)c2c1. The van der Waals surface area contributed by atoms with Gasteiger partial charge < -0.3 is 14.9 Å². The average Bonchev–Trinajstić information content (AvgIpc) is 2.88. The molecule has 0 aliphatic heterocycles. The highest BCUT2D eigenvalue weighted by molar-refractivity contribution is 6.32. The van der Waals surface area contributed by atoms with Crippen LogP contribution in [0.3, 0.4) is 0 Å². The van der Waals surface area contributed by atoms with Crippen molar-refractivity contribution in [2.24, 2.45) is 5.73 Å². The molecule has 2 aromatic carbocycles. The number of fused-ring (bicyclic) bond motifs is 1. The fourth-order valence-electron chi connectivity index (χ4n) is 2.08. The van der Waals surface area contributed by atoms with Crippen LogP contribution in [-0.2, 0) is 13.2 Å². The Morgan fingerprint density at radius 3 is 2.80 bits per heavy atom. The molecule has 0 amide bonds. The molecular formula is C16H14ClNO2. The molecule has 0 saturated carbocycles. The number of rotatable bonds is 4. The summed E-state index contributed by atoms with van der Waals surface area (Å²) in [4.78, 5) is 0. The number of furan rings is 1. The molecule has 20 heavy (non-hydrogen) atoms. The minimum Gasteiger partial charge on any atom is -0.487 e. The Bertz CT molecular complexity index is 736. The van der Waals surface area contributed by atoms with Gasteiger partial charge in [-0.15, -0.1) is 0 Å². The second kappa shape index (κ2) is 5.57. The number of halogens is 1. The van der Waals surface area contributed by atoms with E-state index < -0.39 is 0 Å². The van der Waals surface area contributed by atoms with E-state index in [1.165, 1.54) is 0 Å². The van der Waals surface area contributed by atoms with Gasteiger partial charge in [-0.3, -0.25) is 0 Å². The highest BCUT2D eigenvalue weighted by Crippen LogP contribution is 2.27. The molecule has 0 fully saturated rings. The Kier molecular flexibility index (Phi) is 3.63. The Labute approximate surface area is 121 Å². The zero-order valence-corrected chi connectivity index (χ0v) is 11.6. The van der Waals surface area contributed by atoms with Crippen molar-refractivity contribution in [2.75, 3.05) is 0 Å². The molecule has 4 heteroatoms. The number of para-hydroxylation sites is 1. The van der Waals surface area contributed by atoms with Gasteiger partial charge in [-0.1, -0.05) is 29.8 Å². The van der Waals surface area contributed by atoms with Crippen molar-refractivity contribution in [1.82, 2.24) is 0 Å². The predicted octanol–water partition coefficient (Wildman–Crippen LogP) is 4.12. The lowest BCUT2D eigenvalue weighted by Crippen LogP contribution is -1.97. The van der Waals surface area contributed by atoms with Crippen LogP contribution in [0.4, 0.5) is 0 Å². The minimum atomic E-state index is 0.407. The lowest BCUT2D eigenvalue weighted by Gasteiger charge is -2.06. The highest BCUT2D eigenvalue weighted by atomic mass is 35.5. The quantitative estimate of drug-likeness (QED) is 0.785. The van der Waals surface area contributed by atoms with E-state index in [4.69, 9.17) is 26.5 Å². The number of hydrogen-bond donors (Lipinski definition) is 1. The maximum Gasteiger partial charge on any atom is 0.138 e. The van der Waals surface area contributed by atoms with Gasteiger partial charge in [0.2, 0.25) is 0 Å². The van der Waals surface area contributed by atoms with Crippen LogP contribution in [0.5, 0.6) is 5.75 Å². The van der Waals surface area contributed by atoms with Crippen LogP contribution in [-0.4, -0.2) is 0 Å². The molecule has 0 saturated heterocycles. The molecule has 0 radical (unpaired) electrons. The van der Waals surface area contributed by atoms with Crippen molar-refractivity contribution in [3.63, 3.8) is 0 Å². The van der Waals surface area contributed by atoms with Crippen molar-refractivity contribution in [1.29, 1.82) is 0 Å². The summed E-state index contributed by atoms with van der Waals surface area (Å²) in [5.41, 5.74) is 8.55. The van der Waals surface area contributed by atoms with Crippen LogP contribution in [0.2, 0.25) is 5.02 Å². The Balaban J connectivity index is 1.86. The van der Waals surface area contributed by atoms with Gasteiger partial charge in [0, 0.05) is 17.5 Å². The molecular weight excluding hydrogens is 274 g/mol. The Hall–Kier alpha value is -1.97. The van der Waals surface area contributed by atoms with E-state index in [2.05, 4.69) is 0 Å². The van der Waals surface area contributed by atoms with E-state index in [-0.39, 0.29) is 0 Å². The smallest absolute Gasteiger partial charge is 0.138 e. The van der Waals surface area contributed by atoms with E-state index >= 15 is 0 Å². The van der Waals surface area contributed by atoms with E-state index in [0.717, 1.165) is 22.1 Å². The lowest BCUT2D eigenvalue weighted by molar-refractivity contribution is 0.306. The third-order valence-electron chi connectivity index (χ3n) is 3.17. The lowest BCUT2D eigenvalue weighted by atomic mass is 10.1.